The number of fused-ring (bicyclic) bond motifs is 1. The Bertz CT molecular complexity index is 1420. The average Bonchev–Trinajstić information content (AvgIpc) is 3.25. The number of allylic oxidation sites excluding steroid dienone is 1. The van der Waals surface area contributed by atoms with E-state index in [2.05, 4.69) is 5.32 Å². The number of furan rings is 1. The molecule has 174 valence electrons. The Balaban J connectivity index is 1.79. The minimum atomic E-state index is -0.250. The molecule has 3 aromatic carbocycles. The van der Waals surface area contributed by atoms with E-state index in [9.17, 15) is 4.79 Å². The summed E-state index contributed by atoms with van der Waals surface area (Å²) < 4.78 is 17.2. The molecule has 5 nitrogen and oxygen atoms in total. The first-order valence-corrected chi connectivity index (χ1v) is 11.2. The van der Waals surface area contributed by atoms with Gasteiger partial charge in [-0.3, -0.25) is 4.79 Å². The molecular formula is C28H26ClNO4. The van der Waals surface area contributed by atoms with Crippen LogP contribution in [0.25, 0.3) is 27.7 Å². The van der Waals surface area contributed by atoms with E-state index in [0.29, 0.717) is 16.5 Å². The van der Waals surface area contributed by atoms with E-state index in [4.69, 9.17) is 25.5 Å². The maximum Gasteiger partial charge on any atom is 0.248 e. The fourth-order valence-corrected chi connectivity index (χ4v) is 4.29. The standard InChI is InChI=1S/C28H26ClNO4/c1-16-10-11-19(29)13-24(16)30-26(31)12-17(2)21-14-22-23(20-8-6-7-9-25(20)32-4)15-34-28(22)18(3)27(21)33-5/h6-15H,1-5H3,(H,30,31)/b17-12+. The second-order valence-corrected chi connectivity index (χ2v) is 8.52. The molecule has 0 aliphatic rings. The van der Waals surface area contributed by atoms with Crippen LogP contribution in [0, 0.1) is 13.8 Å². The van der Waals surface area contributed by atoms with Crippen molar-refractivity contribution in [2.75, 3.05) is 19.5 Å². The highest BCUT2D eigenvalue weighted by molar-refractivity contribution is 6.31. The number of para-hydroxylation sites is 1. The van der Waals surface area contributed by atoms with E-state index in [1.807, 2.05) is 57.2 Å². The molecule has 4 aromatic rings. The fraction of sp³-hybridized carbons (Fsp3) is 0.179. The Morgan fingerprint density at radius 3 is 2.53 bits per heavy atom. The Morgan fingerprint density at radius 2 is 1.79 bits per heavy atom. The molecule has 34 heavy (non-hydrogen) atoms. The van der Waals surface area contributed by atoms with Gasteiger partial charge in [0.15, 0.2) is 0 Å². The lowest BCUT2D eigenvalue weighted by atomic mass is 9.96. The lowest BCUT2D eigenvalue weighted by Gasteiger charge is -2.14. The zero-order valence-electron chi connectivity index (χ0n) is 19.8. The quantitative estimate of drug-likeness (QED) is 0.294. The monoisotopic (exact) mass is 475 g/mol. The number of halogens is 1. The second-order valence-electron chi connectivity index (χ2n) is 8.08. The predicted molar refractivity (Wildman–Crippen MR) is 138 cm³/mol. The molecule has 6 heteroatoms. The molecule has 0 unspecified atom stereocenters. The minimum absolute atomic E-state index is 0.250. The largest absolute Gasteiger partial charge is 0.496 e. The van der Waals surface area contributed by atoms with Crippen LogP contribution in [0.3, 0.4) is 0 Å². The molecule has 4 rings (SSSR count). The van der Waals surface area contributed by atoms with Crippen molar-refractivity contribution < 1.29 is 18.7 Å². The third-order valence-electron chi connectivity index (χ3n) is 5.88. The SMILES string of the molecule is COc1ccccc1-c1coc2c(C)c(OC)c(/C(C)=C/C(=O)Nc3cc(Cl)ccc3C)cc12. The summed E-state index contributed by atoms with van der Waals surface area (Å²) in [5, 5.41) is 4.39. The van der Waals surface area contributed by atoms with Crippen molar-refractivity contribution in [1.29, 1.82) is 0 Å². The normalized spacial score (nSPS) is 11.5. The van der Waals surface area contributed by atoms with Crippen LogP contribution >= 0.6 is 11.6 Å². The number of nitrogens with one attached hydrogen (secondary N) is 1. The Labute approximate surface area is 203 Å². The zero-order chi connectivity index (χ0) is 24.4. The second kappa shape index (κ2) is 9.65. The molecule has 0 spiro atoms. The molecule has 0 aliphatic heterocycles. The number of amides is 1. The third kappa shape index (κ3) is 4.39. The number of hydrogen-bond acceptors (Lipinski definition) is 4. The first-order valence-electron chi connectivity index (χ1n) is 10.8. The van der Waals surface area contributed by atoms with Gasteiger partial charge in [-0.1, -0.05) is 35.9 Å². The molecule has 0 fully saturated rings. The van der Waals surface area contributed by atoms with Crippen molar-refractivity contribution in [2.45, 2.75) is 20.8 Å². The van der Waals surface area contributed by atoms with Crippen molar-refractivity contribution in [3.05, 3.63) is 82.6 Å². The number of carbonyl (C=O) groups excluding carboxylic acids is 1. The van der Waals surface area contributed by atoms with Gasteiger partial charge in [0.1, 0.15) is 17.1 Å². The van der Waals surface area contributed by atoms with Crippen LogP contribution in [-0.4, -0.2) is 20.1 Å². The highest BCUT2D eigenvalue weighted by atomic mass is 35.5. The number of ether oxygens (including phenoxy) is 2. The average molecular weight is 476 g/mol. The first-order chi connectivity index (χ1) is 16.3. The lowest BCUT2D eigenvalue weighted by molar-refractivity contribution is -0.111. The van der Waals surface area contributed by atoms with E-state index >= 15 is 0 Å². The molecule has 0 atom stereocenters. The maximum atomic E-state index is 12.8. The van der Waals surface area contributed by atoms with Gasteiger partial charge in [0.25, 0.3) is 0 Å². The highest BCUT2D eigenvalue weighted by Gasteiger charge is 2.20. The van der Waals surface area contributed by atoms with Crippen molar-refractivity contribution >= 4 is 39.7 Å². The Hall–Kier alpha value is -3.70. The van der Waals surface area contributed by atoms with E-state index in [1.165, 1.54) is 0 Å². The topological polar surface area (TPSA) is 60.7 Å². The number of aryl methyl sites for hydroxylation is 2. The first kappa shape index (κ1) is 23.5. The summed E-state index contributed by atoms with van der Waals surface area (Å²) in [5.41, 5.74) is 6.59. The van der Waals surface area contributed by atoms with Crippen molar-refractivity contribution in [3.8, 4) is 22.6 Å². The van der Waals surface area contributed by atoms with Crippen molar-refractivity contribution in [2.24, 2.45) is 0 Å². The molecule has 1 N–H and O–H groups in total. The van der Waals surface area contributed by atoms with Crippen molar-refractivity contribution in [1.82, 2.24) is 0 Å². The van der Waals surface area contributed by atoms with E-state index < -0.39 is 0 Å². The van der Waals surface area contributed by atoms with Gasteiger partial charge >= 0.3 is 0 Å². The number of methoxy groups -OCH3 is 2. The van der Waals surface area contributed by atoms with Gasteiger partial charge in [0.2, 0.25) is 5.91 Å². The summed E-state index contributed by atoms with van der Waals surface area (Å²) in [6, 6.07) is 15.2. The summed E-state index contributed by atoms with van der Waals surface area (Å²) in [7, 11) is 3.26. The minimum Gasteiger partial charge on any atom is -0.496 e. The van der Waals surface area contributed by atoms with Crippen LogP contribution < -0.4 is 14.8 Å². The summed E-state index contributed by atoms with van der Waals surface area (Å²) in [6.07, 6.45) is 3.29. The molecule has 1 amide bonds. The zero-order valence-corrected chi connectivity index (χ0v) is 20.5. The maximum absolute atomic E-state index is 12.8. The lowest BCUT2D eigenvalue weighted by Crippen LogP contribution is -2.10. The van der Waals surface area contributed by atoms with Gasteiger partial charge in [-0.25, -0.2) is 0 Å². The highest BCUT2D eigenvalue weighted by Crippen LogP contribution is 2.42. The van der Waals surface area contributed by atoms with Gasteiger partial charge < -0.3 is 19.2 Å². The summed E-state index contributed by atoms with van der Waals surface area (Å²) >= 11 is 6.09. The molecular weight excluding hydrogens is 450 g/mol. The Kier molecular flexibility index (Phi) is 6.66. The molecule has 1 aromatic heterocycles. The van der Waals surface area contributed by atoms with Gasteiger partial charge in [-0.2, -0.15) is 0 Å². The molecule has 0 saturated heterocycles. The number of hydrogen-bond donors (Lipinski definition) is 1. The fourth-order valence-electron chi connectivity index (χ4n) is 4.12. The summed E-state index contributed by atoms with van der Waals surface area (Å²) in [5.74, 6) is 1.16. The van der Waals surface area contributed by atoms with Crippen LogP contribution in [-0.2, 0) is 4.79 Å². The Morgan fingerprint density at radius 1 is 1.03 bits per heavy atom. The van der Waals surface area contributed by atoms with Crippen LogP contribution in [0.2, 0.25) is 5.02 Å². The van der Waals surface area contributed by atoms with Crippen LogP contribution in [0.5, 0.6) is 11.5 Å². The van der Waals surface area contributed by atoms with Crippen LogP contribution in [0.15, 0.2) is 65.3 Å². The van der Waals surface area contributed by atoms with E-state index in [0.717, 1.165) is 50.1 Å². The molecule has 0 radical (unpaired) electrons. The number of carbonyl (C=O) groups is 1. The molecule has 0 bridgehead atoms. The molecule has 0 aliphatic carbocycles. The van der Waals surface area contributed by atoms with Crippen molar-refractivity contribution in [3.63, 3.8) is 0 Å². The smallest absolute Gasteiger partial charge is 0.248 e. The van der Waals surface area contributed by atoms with Gasteiger partial charge in [0.05, 0.1) is 20.5 Å². The van der Waals surface area contributed by atoms with Crippen LogP contribution in [0.1, 0.15) is 23.6 Å². The number of benzene rings is 3. The van der Waals surface area contributed by atoms with E-state index in [1.54, 1.807) is 38.7 Å². The van der Waals surface area contributed by atoms with Crippen LogP contribution in [0.4, 0.5) is 5.69 Å². The predicted octanol–water partition coefficient (Wildman–Crippen LogP) is 7.43. The van der Waals surface area contributed by atoms with E-state index in [-0.39, 0.29) is 5.91 Å². The molecule has 1 heterocycles. The third-order valence-corrected chi connectivity index (χ3v) is 6.11. The summed E-state index contributed by atoms with van der Waals surface area (Å²) in [6.45, 7) is 5.75. The molecule has 0 saturated carbocycles. The van der Waals surface area contributed by atoms with Gasteiger partial charge in [0, 0.05) is 44.4 Å². The summed E-state index contributed by atoms with van der Waals surface area (Å²) in [4.78, 5) is 12.8. The van der Waals surface area contributed by atoms with Gasteiger partial charge in [-0.15, -0.1) is 0 Å². The van der Waals surface area contributed by atoms with Gasteiger partial charge in [-0.05, 0) is 56.2 Å². The number of anilines is 1. The number of rotatable bonds is 6.